The highest BCUT2D eigenvalue weighted by atomic mass is 32.2. The number of oxime groups is 1. The average Bonchev–Trinajstić information content (AvgIpc) is 3.41. The second-order valence-corrected chi connectivity index (χ2v) is 11.3. The number of anilines is 1. The molecule has 34 heavy (non-hydrogen) atoms. The lowest BCUT2D eigenvalue weighted by molar-refractivity contribution is -0.110. The van der Waals surface area contributed by atoms with E-state index in [1.807, 2.05) is 18.2 Å². The Hall–Kier alpha value is -3.15. The fourth-order valence-electron chi connectivity index (χ4n) is 3.44. The Bertz CT molecular complexity index is 1300. The fraction of sp³-hybridized carbons (Fsp3) is 0.304. The molecule has 2 fully saturated rings. The van der Waals surface area contributed by atoms with Crippen molar-refractivity contribution < 1.29 is 22.8 Å². The molecule has 1 aliphatic carbocycles. The summed E-state index contributed by atoms with van der Waals surface area (Å²) < 4.78 is 30.3. The summed E-state index contributed by atoms with van der Waals surface area (Å²) in [5, 5.41) is 6.95. The lowest BCUT2D eigenvalue weighted by atomic mass is 10.1. The number of carbonyl (C=O) groups is 1. The summed E-state index contributed by atoms with van der Waals surface area (Å²) in [7, 11) is -3.33. The number of pyridine rings is 1. The Kier molecular flexibility index (Phi) is 6.40. The van der Waals surface area contributed by atoms with Crippen LogP contribution in [0.3, 0.4) is 0 Å². The monoisotopic (exact) mass is 498 g/mol. The van der Waals surface area contributed by atoms with Crippen LogP contribution in [0.4, 0.5) is 5.13 Å². The summed E-state index contributed by atoms with van der Waals surface area (Å²) >= 11 is 1.29. The van der Waals surface area contributed by atoms with Gasteiger partial charge in [0, 0.05) is 24.4 Å². The van der Waals surface area contributed by atoms with Crippen molar-refractivity contribution in [3.8, 4) is 10.6 Å². The minimum absolute atomic E-state index is 0.0249. The first kappa shape index (κ1) is 22.6. The number of thiazole rings is 1. The molecule has 0 unspecified atom stereocenters. The van der Waals surface area contributed by atoms with Gasteiger partial charge in [-0.3, -0.25) is 15.1 Å². The van der Waals surface area contributed by atoms with E-state index in [2.05, 4.69) is 20.4 Å². The highest BCUT2D eigenvalue weighted by molar-refractivity contribution is 7.92. The van der Waals surface area contributed by atoms with Gasteiger partial charge in [0.15, 0.2) is 26.8 Å². The lowest BCUT2D eigenvalue weighted by Crippen LogP contribution is -2.25. The van der Waals surface area contributed by atoms with E-state index in [1.54, 1.807) is 24.5 Å². The number of aromatic nitrogens is 2. The summed E-state index contributed by atoms with van der Waals surface area (Å²) in [6, 6.07) is 11.7. The topological polar surface area (TPSA) is 120 Å². The summed E-state index contributed by atoms with van der Waals surface area (Å²) in [5.41, 5.74) is 1.22. The van der Waals surface area contributed by atoms with E-state index in [1.165, 1.54) is 23.5 Å². The smallest absolute Gasteiger partial charge is 0.280 e. The zero-order valence-electron chi connectivity index (χ0n) is 18.1. The molecule has 11 heteroatoms. The first-order valence-electron chi connectivity index (χ1n) is 10.9. The SMILES string of the molecule is O=C(Nc1ncc(-c2ccccn2)s1)C(=NO[C@@H]1CCOC1)c1ccc(S(=O)(=O)C2CC2)cc1. The molecule has 1 amide bonds. The number of hydrogen-bond donors (Lipinski definition) is 1. The molecule has 1 saturated carbocycles. The third-order valence-corrected chi connectivity index (χ3v) is 8.67. The molecule has 1 N–H and O–H groups in total. The van der Waals surface area contributed by atoms with E-state index in [0.29, 0.717) is 43.2 Å². The van der Waals surface area contributed by atoms with Crippen LogP contribution in [0.1, 0.15) is 24.8 Å². The van der Waals surface area contributed by atoms with Crippen LogP contribution in [-0.4, -0.2) is 54.6 Å². The van der Waals surface area contributed by atoms with E-state index in [-0.39, 0.29) is 22.0 Å². The molecule has 2 aliphatic rings. The number of ether oxygens (including phenoxy) is 1. The van der Waals surface area contributed by atoms with Crippen LogP contribution in [0.5, 0.6) is 0 Å². The van der Waals surface area contributed by atoms with Crippen molar-refractivity contribution in [2.24, 2.45) is 5.16 Å². The minimum Gasteiger partial charge on any atom is -0.389 e. The molecule has 0 bridgehead atoms. The average molecular weight is 499 g/mol. The van der Waals surface area contributed by atoms with Crippen LogP contribution in [0.25, 0.3) is 10.6 Å². The van der Waals surface area contributed by atoms with Crippen molar-refractivity contribution >= 4 is 37.9 Å². The molecule has 0 spiro atoms. The Labute approximate surface area is 200 Å². The predicted molar refractivity (Wildman–Crippen MR) is 127 cm³/mol. The number of benzene rings is 1. The van der Waals surface area contributed by atoms with Crippen molar-refractivity contribution in [1.29, 1.82) is 0 Å². The van der Waals surface area contributed by atoms with Gasteiger partial charge in [-0.2, -0.15) is 0 Å². The first-order valence-corrected chi connectivity index (χ1v) is 13.2. The third kappa shape index (κ3) is 5.01. The van der Waals surface area contributed by atoms with E-state index in [0.717, 1.165) is 10.6 Å². The molecule has 3 aromatic rings. The van der Waals surface area contributed by atoms with Gasteiger partial charge in [0.2, 0.25) is 0 Å². The maximum Gasteiger partial charge on any atom is 0.280 e. The standard InChI is InChI=1S/C23H22N4O5S2/c28-22(26-23-25-13-20(33-23)19-3-1-2-11-24-19)21(27-32-16-10-12-31-14-16)15-4-6-17(7-5-15)34(29,30)18-8-9-18/h1-7,11,13,16,18H,8-10,12,14H2,(H,25,26,28)/t16-/m1/s1. The zero-order chi connectivity index (χ0) is 23.5. The second kappa shape index (κ2) is 9.61. The molecule has 5 rings (SSSR count). The van der Waals surface area contributed by atoms with E-state index in [4.69, 9.17) is 9.57 Å². The second-order valence-electron chi connectivity index (χ2n) is 8.00. The van der Waals surface area contributed by atoms with Gasteiger partial charge < -0.3 is 9.57 Å². The Morgan fingerprint density at radius 2 is 1.94 bits per heavy atom. The Morgan fingerprint density at radius 3 is 2.62 bits per heavy atom. The number of carbonyl (C=O) groups excluding carboxylic acids is 1. The van der Waals surface area contributed by atoms with Crippen LogP contribution in [0.15, 0.2) is 64.9 Å². The number of sulfone groups is 1. The minimum atomic E-state index is -3.33. The lowest BCUT2D eigenvalue weighted by Gasteiger charge is -2.10. The maximum absolute atomic E-state index is 13.1. The molecule has 2 aromatic heterocycles. The summed E-state index contributed by atoms with van der Waals surface area (Å²) in [6.07, 6.45) is 5.14. The van der Waals surface area contributed by atoms with Gasteiger partial charge in [0.05, 0.1) is 33.9 Å². The fourth-order valence-corrected chi connectivity index (χ4v) is 5.88. The van der Waals surface area contributed by atoms with E-state index >= 15 is 0 Å². The van der Waals surface area contributed by atoms with Gasteiger partial charge in [0.25, 0.3) is 5.91 Å². The van der Waals surface area contributed by atoms with Crippen LogP contribution >= 0.6 is 11.3 Å². The molecule has 1 aliphatic heterocycles. The summed E-state index contributed by atoms with van der Waals surface area (Å²) in [4.78, 5) is 28.3. The molecular weight excluding hydrogens is 476 g/mol. The van der Waals surface area contributed by atoms with Crippen molar-refractivity contribution in [2.45, 2.75) is 35.5 Å². The number of nitrogens with zero attached hydrogens (tertiary/aromatic N) is 3. The quantitative estimate of drug-likeness (QED) is 0.374. The molecule has 176 valence electrons. The Morgan fingerprint density at radius 1 is 1.12 bits per heavy atom. The van der Waals surface area contributed by atoms with E-state index < -0.39 is 15.7 Å². The van der Waals surface area contributed by atoms with Gasteiger partial charge in [-0.05, 0) is 37.1 Å². The summed E-state index contributed by atoms with van der Waals surface area (Å²) in [5.74, 6) is -0.515. The number of rotatable bonds is 8. The first-order chi connectivity index (χ1) is 16.5. The van der Waals surface area contributed by atoms with Crippen LogP contribution < -0.4 is 5.32 Å². The van der Waals surface area contributed by atoms with Crippen molar-refractivity contribution in [2.75, 3.05) is 18.5 Å². The predicted octanol–water partition coefficient (Wildman–Crippen LogP) is 3.29. The van der Waals surface area contributed by atoms with Gasteiger partial charge in [-0.15, -0.1) is 0 Å². The summed E-state index contributed by atoms with van der Waals surface area (Å²) in [6.45, 7) is 0.974. The molecule has 1 atom stereocenters. The van der Waals surface area contributed by atoms with Crippen LogP contribution in [-0.2, 0) is 24.2 Å². The van der Waals surface area contributed by atoms with Gasteiger partial charge in [0.1, 0.15) is 0 Å². The van der Waals surface area contributed by atoms with Crippen molar-refractivity contribution in [3.63, 3.8) is 0 Å². The molecule has 3 heterocycles. The highest BCUT2D eigenvalue weighted by Gasteiger charge is 2.36. The molecule has 1 aromatic carbocycles. The normalized spacial score (nSPS) is 18.6. The van der Waals surface area contributed by atoms with Gasteiger partial charge in [-0.25, -0.2) is 13.4 Å². The number of hydrogen-bond acceptors (Lipinski definition) is 9. The third-order valence-electron chi connectivity index (χ3n) is 5.46. The largest absolute Gasteiger partial charge is 0.389 e. The van der Waals surface area contributed by atoms with Gasteiger partial charge >= 0.3 is 0 Å². The number of nitrogens with one attached hydrogen (secondary N) is 1. The number of amides is 1. The Balaban J connectivity index is 1.38. The van der Waals surface area contributed by atoms with Crippen molar-refractivity contribution in [1.82, 2.24) is 9.97 Å². The van der Waals surface area contributed by atoms with E-state index in [9.17, 15) is 13.2 Å². The molecule has 9 nitrogen and oxygen atoms in total. The molecular formula is C23H22N4O5S2. The maximum atomic E-state index is 13.1. The van der Waals surface area contributed by atoms with Crippen LogP contribution in [0.2, 0.25) is 0 Å². The van der Waals surface area contributed by atoms with Crippen LogP contribution in [0, 0.1) is 0 Å². The molecule has 1 saturated heterocycles. The molecule has 0 radical (unpaired) electrons. The highest BCUT2D eigenvalue weighted by Crippen LogP contribution is 2.33. The van der Waals surface area contributed by atoms with Crippen molar-refractivity contribution in [3.05, 3.63) is 60.4 Å². The van der Waals surface area contributed by atoms with Gasteiger partial charge in [-0.1, -0.05) is 34.7 Å². The zero-order valence-corrected chi connectivity index (χ0v) is 19.7.